The lowest BCUT2D eigenvalue weighted by molar-refractivity contribution is -0.132. The number of carbonyl (C=O) groups is 2. The lowest BCUT2D eigenvalue weighted by Gasteiger charge is -2.32. The average molecular weight is 409 g/mol. The van der Waals surface area contributed by atoms with Gasteiger partial charge in [0.1, 0.15) is 0 Å². The molecule has 0 aliphatic carbocycles. The topological polar surface area (TPSA) is 90.5 Å². The SMILES string of the molecule is CN1CCC(Nc2ncc3c(n2)CN(C(=O)NCc2ccccc2)C3(C)C)CC1=O. The van der Waals surface area contributed by atoms with E-state index < -0.39 is 5.54 Å². The number of anilines is 1. The quantitative estimate of drug-likeness (QED) is 0.811. The van der Waals surface area contributed by atoms with Crippen LogP contribution in [-0.4, -0.2) is 51.3 Å². The fraction of sp³-hybridized carbons (Fsp3) is 0.455. The van der Waals surface area contributed by atoms with E-state index in [9.17, 15) is 9.59 Å². The van der Waals surface area contributed by atoms with Gasteiger partial charge in [0.05, 0.1) is 17.8 Å². The smallest absolute Gasteiger partial charge is 0.318 e. The number of piperidine rings is 1. The molecule has 8 nitrogen and oxygen atoms in total. The van der Waals surface area contributed by atoms with Crippen molar-refractivity contribution >= 4 is 17.9 Å². The van der Waals surface area contributed by atoms with Crippen LogP contribution in [0.4, 0.5) is 10.7 Å². The van der Waals surface area contributed by atoms with E-state index in [-0.39, 0.29) is 18.0 Å². The second-order valence-electron chi connectivity index (χ2n) is 8.49. The summed E-state index contributed by atoms with van der Waals surface area (Å²) < 4.78 is 0. The Kier molecular flexibility index (Phi) is 5.32. The first kappa shape index (κ1) is 20.1. The second kappa shape index (κ2) is 7.93. The number of fused-ring (bicyclic) bond motifs is 1. The molecule has 2 N–H and O–H groups in total. The van der Waals surface area contributed by atoms with E-state index in [1.165, 1.54) is 0 Å². The molecule has 1 aromatic carbocycles. The summed E-state index contributed by atoms with van der Waals surface area (Å²) in [5.74, 6) is 0.640. The summed E-state index contributed by atoms with van der Waals surface area (Å²) in [6.07, 6.45) is 3.10. The summed E-state index contributed by atoms with van der Waals surface area (Å²) >= 11 is 0. The van der Waals surface area contributed by atoms with Crippen LogP contribution < -0.4 is 10.6 Å². The molecule has 2 aromatic rings. The van der Waals surface area contributed by atoms with Gasteiger partial charge in [0.15, 0.2) is 0 Å². The van der Waals surface area contributed by atoms with Crippen molar-refractivity contribution in [2.45, 2.75) is 51.4 Å². The third-order valence-electron chi connectivity index (χ3n) is 6.03. The molecule has 30 heavy (non-hydrogen) atoms. The molecule has 1 fully saturated rings. The van der Waals surface area contributed by atoms with Gasteiger partial charge in [-0.3, -0.25) is 4.79 Å². The fourth-order valence-corrected chi connectivity index (χ4v) is 4.05. The first-order chi connectivity index (χ1) is 14.3. The third kappa shape index (κ3) is 3.94. The number of hydrogen-bond acceptors (Lipinski definition) is 5. The largest absolute Gasteiger partial charge is 0.351 e. The summed E-state index contributed by atoms with van der Waals surface area (Å²) in [7, 11) is 1.82. The van der Waals surface area contributed by atoms with Crippen LogP contribution in [0.1, 0.15) is 43.5 Å². The maximum atomic E-state index is 12.9. The molecule has 3 amide bonds. The van der Waals surface area contributed by atoms with Gasteiger partial charge in [-0.1, -0.05) is 30.3 Å². The Morgan fingerprint density at radius 1 is 1.27 bits per heavy atom. The van der Waals surface area contributed by atoms with Gasteiger partial charge < -0.3 is 20.4 Å². The van der Waals surface area contributed by atoms with E-state index in [0.717, 1.165) is 29.8 Å². The first-order valence-electron chi connectivity index (χ1n) is 10.3. The molecule has 2 aliphatic heterocycles. The van der Waals surface area contributed by atoms with Gasteiger partial charge in [0.2, 0.25) is 11.9 Å². The van der Waals surface area contributed by atoms with Gasteiger partial charge in [-0.15, -0.1) is 0 Å². The molecule has 0 spiro atoms. The number of nitrogens with zero attached hydrogens (tertiary/aromatic N) is 4. The zero-order chi connectivity index (χ0) is 21.3. The Morgan fingerprint density at radius 3 is 2.77 bits per heavy atom. The van der Waals surface area contributed by atoms with Crippen molar-refractivity contribution in [3.63, 3.8) is 0 Å². The Bertz CT molecular complexity index is 946. The number of likely N-dealkylation sites (tertiary alicyclic amines) is 1. The molecule has 3 heterocycles. The highest BCUT2D eigenvalue weighted by Gasteiger charge is 2.41. The van der Waals surface area contributed by atoms with Crippen LogP contribution >= 0.6 is 0 Å². The second-order valence-corrected chi connectivity index (χ2v) is 8.49. The van der Waals surface area contributed by atoms with Crippen molar-refractivity contribution < 1.29 is 9.59 Å². The van der Waals surface area contributed by atoms with E-state index in [1.807, 2.05) is 51.2 Å². The van der Waals surface area contributed by atoms with Gasteiger partial charge in [-0.2, -0.15) is 0 Å². The third-order valence-corrected chi connectivity index (χ3v) is 6.03. The van der Waals surface area contributed by atoms with Crippen LogP contribution in [0.25, 0.3) is 0 Å². The summed E-state index contributed by atoms with van der Waals surface area (Å²) in [4.78, 5) is 37.5. The minimum Gasteiger partial charge on any atom is -0.351 e. The summed E-state index contributed by atoms with van der Waals surface area (Å²) in [5.41, 5.74) is 2.34. The minimum atomic E-state index is -0.502. The van der Waals surface area contributed by atoms with Crippen LogP contribution in [0, 0.1) is 0 Å². The molecule has 0 radical (unpaired) electrons. The molecular formula is C22H28N6O2. The standard InChI is InChI=1S/C22H28N6O2/c1-22(2)17-13-23-20(25-16-9-10-27(3)19(29)11-16)26-18(17)14-28(22)21(30)24-12-15-7-5-4-6-8-15/h4-8,13,16H,9-12,14H2,1-3H3,(H,24,30)(H,23,25,26). The van der Waals surface area contributed by atoms with Crippen molar-refractivity contribution in [3.8, 4) is 0 Å². The van der Waals surface area contributed by atoms with Gasteiger partial charge in [0.25, 0.3) is 0 Å². The number of amides is 3. The predicted octanol–water partition coefficient (Wildman–Crippen LogP) is 2.47. The molecule has 0 saturated carbocycles. The number of carbonyl (C=O) groups excluding carboxylic acids is 2. The number of aromatic nitrogens is 2. The van der Waals surface area contributed by atoms with Crippen molar-refractivity contribution in [1.29, 1.82) is 0 Å². The number of rotatable bonds is 4. The molecule has 1 atom stereocenters. The molecule has 158 valence electrons. The molecule has 1 saturated heterocycles. The normalized spacial score (nSPS) is 20.1. The predicted molar refractivity (Wildman–Crippen MR) is 114 cm³/mol. The van der Waals surface area contributed by atoms with Crippen LogP contribution in [0.2, 0.25) is 0 Å². The van der Waals surface area contributed by atoms with E-state index in [2.05, 4.69) is 20.6 Å². The highest BCUT2D eigenvalue weighted by Crippen LogP contribution is 2.37. The van der Waals surface area contributed by atoms with Crippen molar-refractivity contribution in [2.75, 3.05) is 18.9 Å². The zero-order valence-electron chi connectivity index (χ0n) is 17.7. The van der Waals surface area contributed by atoms with Crippen LogP contribution in [0.5, 0.6) is 0 Å². The first-order valence-corrected chi connectivity index (χ1v) is 10.3. The Hall–Kier alpha value is -3.16. The number of nitrogens with one attached hydrogen (secondary N) is 2. The lowest BCUT2D eigenvalue weighted by Crippen LogP contribution is -2.45. The van der Waals surface area contributed by atoms with Crippen molar-refractivity contribution in [2.24, 2.45) is 0 Å². The highest BCUT2D eigenvalue weighted by atomic mass is 16.2. The summed E-state index contributed by atoms with van der Waals surface area (Å²) in [5, 5.41) is 6.29. The molecule has 0 bridgehead atoms. The van der Waals surface area contributed by atoms with E-state index >= 15 is 0 Å². The van der Waals surface area contributed by atoms with Gasteiger partial charge in [-0.25, -0.2) is 14.8 Å². The molecule has 4 rings (SSSR count). The zero-order valence-corrected chi connectivity index (χ0v) is 17.7. The fourth-order valence-electron chi connectivity index (χ4n) is 4.05. The van der Waals surface area contributed by atoms with Crippen molar-refractivity contribution in [1.82, 2.24) is 25.1 Å². The van der Waals surface area contributed by atoms with E-state index in [4.69, 9.17) is 0 Å². The summed E-state index contributed by atoms with van der Waals surface area (Å²) in [6.45, 7) is 5.64. The molecule has 8 heteroatoms. The molecular weight excluding hydrogens is 380 g/mol. The summed E-state index contributed by atoms with van der Waals surface area (Å²) in [6, 6.07) is 9.75. The minimum absolute atomic E-state index is 0.0337. The van der Waals surface area contributed by atoms with Crippen LogP contribution in [-0.2, 0) is 23.4 Å². The van der Waals surface area contributed by atoms with E-state index in [1.54, 1.807) is 16.0 Å². The Labute approximate surface area is 176 Å². The molecule has 1 aromatic heterocycles. The highest BCUT2D eigenvalue weighted by molar-refractivity contribution is 5.78. The van der Waals surface area contributed by atoms with E-state index in [0.29, 0.717) is 25.5 Å². The average Bonchev–Trinajstić information content (AvgIpc) is 3.00. The van der Waals surface area contributed by atoms with Crippen molar-refractivity contribution in [3.05, 3.63) is 53.3 Å². The van der Waals surface area contributed by atoms with Crippen LogP contribution in [0.15, 0.2) is 36.5 Å². The van der Waals surface area contributed by atoms with Crippen LogP contribution in [0.3, 0.4) is 0 Å². The molecule has 1 unspecified atom stereocenters. The van der Waals surface area contributed by atoms with Gasteiger partial charge >= 0.3 is 6.03 Å². The van der Waals surface area contributed by atoms with Gasteiger partial charge in [0, 0.05) is 44.4 Å². The maximum absolute atomic E-state index is 12.9. The Morgan fingerprint density at radius 2 is 2.03 bits per heavy atom. The maximum Gasteiger partial charge on any atom is 0.318 e. The molecule has 2 aliphatic rings. The number of urea groups is 1. The lowest BCUT2D eigenvalue weighted by atomic mass is 9.97. The van der Waals surface area contributed by atoms with Gasteiger partial charge in [-0.05, 0) is 25.8 Å². The number of hydrogen-bond donors (Lipinski definition) is 2. The Balaban J connectivity index is 1.43. The monoisotopic (exact) mass is 408 g/mol. The number of benzene rings is 1.